The zero-order valence-corrected chi connectivity index (χ0v) is 20.6. The molecule has 0 amide bonds. The molecule has 1 fully saturated rings. The number of hydrogen-bond acceptors (Lipinski definition) is 8. The van der Waals surface area contributed by atoms with Crippen LogP contribution in [0.1, 0.15) is 39.1 Å². The largest absolute Gasteiger partial charge is 0.494 e. The molecule has 0 radical (unpaired) electrons. The van der Waals surface area contributed by atoms with Gasteiger partial charge in [-0.15, -0.1) is 5.10 Å². The molecule has 0 atom stereocenters. The van der Waals surface area contributed by atoms with Gasteiger partial charge in [0.2, 0.25) is 0 Å². The topological polar surface area (TPSA) is 101 Å². The summed E-state index contributed by atoms with van der Waals surface area (Å²) in [4.78, 5) is 20.6. The molecule has 184 valence electrons. The van der Waals surface area contributed by atoms with Gasteiger partial charge in [0.05, 0.1) is 31.9 Å². The molecule has 1 aromatic carbocycles. The summed E-state index contributed by atoms with van der Waals surface area (Å²) in [5, 5.41) is 13.4. The quantitative estimate of drug-likeness (QED) is 0.508. The van der Waals surface area contributed by atoms with Crippen LogP contribution in [0, 0.1) is 0 Å². The van der Waals surface area contributed by atoms with E-state index in [0.717, 1.165) is 61.9 Å². The van der Waals surface area contributed by atoms with E-state index in [-0.39, 0.29) is 11.1 Å². The Morgan fingerprint density at radius 3 is 2.71 bits per heavy atom. The number of H-pyrrole nitrogens is 1. The minimum absolute atomic E-state index is 0.0801. The van der Waals surface area contributed by atoms with Crippen LogP contribution in [-0.4, -0.2) is 81.0 Å². The van der Waals surface area contributed by atoms with Gasteiger partial charge in [-0.25, -0.2) is 4.68 Å². The van der Waals surface area contributed by atoms with Crippen molar-refractivity contribution in [1.82, 2.24) is 35.0 Å². The fraction of sp³-hybridized carbons (Fsp3) is 0.583. The maximum atomic E-state index is 12.9. The number of nitrogens with one attached hydrogen (secondary N) is 1. The van der Waals surface area contributed by atoms with Crippen molar-refractivity contribution in [3.8, 4) is 5.75 Å². The highest BCUT2D eigenvalue weighted by atomic mass is 16.5. The summed E-state index contributed by atoms with van der Waals surface area (Å²) < 4.78 is 13.0. The lowest BCUT2D eigenvalue weighted by atomic mass is 10.1. The summed E-state index contributed by atoms with van der Waals surface area (Å²) in [6.07, 6.45) is 0. The molecule has 1 saturated heterocycles. The van der Waals surface area contributed by atoms with Crippen molar-refractivity contribution in [3.63, 3.8) is 0 Å². The Morgan fingerprint density at radius 2 is 1.97 bits per heavy atom. The predicted octanol–water partition coefficient (Wildman–Crippen LogP) is 2.00. The van der Waals surface area contributed by atoms with E-state index in [0.29, 0.717) is 25.3 Å². The van der Waals surface area contributed by atoms with Crippen LogP contribution in [-0.2, 0) is 23.4 Å². The lowest BCUT2D eigenvalue weighted by molar-refractivity contribution is 0.0321. The molecule has 1 aliphatic rings. The van der Waals surface area contributed by atoms with Gasteiger partial charge < -0.3 is 14.5 Å². The van der Waals surface area contributed by atoms with Crippen LogP contribution in [0.25, 0.3) is 10.9 Å². The summed E-state index contributed by atoms with van der Waals surface area (Å²) in [5.74, 6) is 1.58. The zero-order chi connectivity index (χ0) is 24.1. The smallest absolute Gasteiger partial charge is 0.252 e. The Kier molecular flexibility index (Phi) is 7.60. The molecule has 3 aromatic rings. The predicted molar refractivity (Wildman–Crippen MR) is 130 cm³/mol. The fourth-order valence-electron chi connectivity index (χ4n) is 4.19. The maximum absolute atomic E-state index is 12.9. The van der Waals surface area contributed by atoms with Crippen molar-refractivity contribution in [1.29, 1.82) is 0 Å². The normalized spacial score (nSPS) is 15.3. The number of benzene rings is 1. The molecule has 3 heterocycles. The molecule has 2 aromatic heterocycles. The van der Waals surface area contributed by atoms with Gasteiger partial charge in [-0.1, -0.05) is 0 Å². The van der Waals surface area contributed by atoms with Crippen molar-refractivity contribution >= 4 is 10.9 Å². The number of morpholine rings is 1. The van der Waals surface area contributed by atoms with E-state index in [1.165, 1.54) is 0 Å². The Bertz CT molecular complexity index is 1150. The highest BCUT2D eigenvalue weighted by Crippen LogP contribution is 2.20. The molecule has 34 heavy (non-hydrogen) atoms. The van der Waals surface area contributed by atoms with Crippen molar-refractivity contribution in [2.75, 3.05) is 46.0 Å². The first-order chi connectivity index (χ1) is 16.3. The van der Waals surface area contributed by atoms with Crippen molar-refractivity contribution in [2.24, 2.45) is 0 Å². The SMILES string of the molecule is CCOc1ccc2[nH]c(=O)c(CN(CCN3CCOCC3)Cc3nnnn3C(C)(C)C)cc2c1. The third-order valence-electron chi connectivity index (χ3n) is 5.97. The Morgan fingerprint density at radius 1 is 1.18 bits per heavy atom. The van der Waals surface area contributed by atoms with Crippen molar-refractivity contribution in [2.45, 2.75) is 46.3 Å². The highest BCUT2D eigenvalue weighted by molar-refractivity contribution is 5.80. The third-order valence-corrected chi connectivity index (χ3v) is 5.97. The zero-order valence-electron chi connectivity index (χ0n) is 20.6. The number of pyridine rings is 1. The van der Waals surface area contributed by atoms with Crippen LogP contribution in [0.3, 0.4) is 0 Å². The van der Waals surface area contributed by atoms with Crippen molar-refractivity contribution in [3.05, 3.63) is 46.0 Å². The number of nitrogens with zero attached hydrogens (tertiary/aromatic N) is 6. The molecule has 0 aliphatic carbocycles. The second-order valence-corrected chi connectivity index (χ2v) is 9.65. The van der Waals surface area contributed by atoms with Gasteiger partial charge in [-0.3, -0.25) is 14.6 Å². The maximum Gasteiger partial charge on any atom is 0.252 e. The second kappa shape index (κ2) is 10.6. The molecular formula is C24H35N7O3. The van der Waals surface area contributed by atoms with E-state index in [4.69, 9.17) is 9.47 Å². The minimum Gasteiger partial charge on any atom is -0.494 e. The summed E-state index contributed by atoms with van der Waals surface area (Å²) in [6, 6.07) is 7.70. The van der Waals surface area contributed by atoms with Crippen LogP contribution >= 0.6 is 0 Å². The fourth-order valence-corrected chi connectivity index (χ4v) is 4.19. The van der Waals surface area contributed by atoms with Gasteiger partial charge in [-0.05, 0) is 62.4 Å². The van der Waals surface area contributed by atoms with Gasteiger partial charge in [0, 0.05) is 49.2 Å². The Balaban J connectivity index is 1.59. The van der Waals surface area contributed by atoms with Crippen molar-refractivity contribution < 1.29 is 9.47 Å². The molecule has 1 N–H and O–H groups in total. The number of aromatic amines is 1. The first-order valence-electron chi connectivity index (χ1n) is 11.9. The molecule has 0 spiro atoms. The molecule has 10 nitrogen and oxygen atoms in total. The van der Waals surface area contributed by atoms with Gasteiger partial charge in [0.1, 0.15) is 5.75 Å². The molecular weight excluding hydrogens is 434 g/mol. The Labute approximate surface area is 199 Å². The van der Waals surface area contributed by atoms with E-state index in [1.807, 2.05) is 35.9 Å². The highest BCUT2D eigenvalue weighted by Gasteiger charge is 2.22. The van der Waals surface area contributed by atoms with Crippen LogP contribution in [0.5, 0.6) is 5.75 Å². The summed E-state index contributed by atoms with van der Waals surface area (Å²) in [6.45, 7) is 14.9. The summed E-state index contributed by atoms with van der Waals surface area (Å²) >= 11 is 0. The number of aromatic nitrogens is 5. The van der Waals surface area contributed by atoms with E-state index in [2.05, 4.69) is 51.1 Å². The molecule has 10 heteroatoms. The van der Waals surface area contributed by atoms with Gasteiger partial charge in [-0.2, -0.15) is 0 Å². The Hall–Kier alpha value is -2.82. The molecule has 4 rings (SSSR count). The van der Waals surface area contributed by atoms with Crippen LogP contribution in [0.4, 0.5) is 0 Å². The summed E-state index contributed by atoms with van der Waals surface area (Å²) in [5.41, 5.74) is 1.19. The number of tetrazole rings is 1. The monoisotopic (exact) mass is 469 g/mol. The first-order valence-corrected chi connectivity index (χ1v) is 11.9. The van der Waals surface area contributed by atoms with E-state index < -0.39 is 0 Å². The second-order valence-electron chi connectivity index (χ2n) is 9.65. The third kappa shape index (κ3) is 5.99. The van der Waals surface area contributed by atoms with Gasteiger partial charge >= 0.3 is 0 Å². The van der Waals surface area contributed by atoms with E-state index in [1.54, 1.807) is 0 Å². The van der Waals surface area contributed by atoms with E-state index in [9.17, 15) is 4.79 Å². The number of fused-ring (bicyclic) bond motifs is 1. The lowest BCUT2D eigenvalue weighted by Gasteiger charge is -2.30. The lowest BCUT2D eigenvalue weighted by Crippen LogP contribution is -2.42. The molecule has 0 unspecified atom stereocenters. The molecule has 1 aliphatic heterocycles. The summed E-state index contributed by atoms with van der Waals surface area (Å²) in [7, 11) is 0. The van der Waals surface area contributed by atoms with E-state index >= 15 is 0 Å². The average Bonchev–Trinajstić information content (AvgIpc) is 3.28. The van der Waals surface area contributed by atoms with Crippen LogP contribution in [0.15, 0.2) is 29.1 Å². The van der Waals surface area contributed by atoms with Crippen LogP contribution < -0.4 is 10.3 Å². The first kappa shape index (κ1) is 24.3. The number of rotatable bonds is 9. The standard InChI is InChI=1S/C24H35N7O3/c1-5-34-20-6-7-21-18(15-20)14-19(23(32)25-21)16-30(9-8-29-10-12-33-13-11-29)17-22-26-27-28-31(22)24(2,3)4/h6-7,14-15H,5,8-13,16-17H2,1-4H3,(H,25,32). The van der Waals surface area contributed by atoms with Gasteiger partial charge in [0.15, 0.2) is 5.82 Å². The van der Waals surface area contributed by atoms with Gasteiger partial charge in [0.25, 0.3) is 5.56 Å². The molecule has 0 bridgehead atoms. The number of ether oxygens (including phenoxy) is 2. The molecule has 0 saturated carbocycles. The van der Waals surface area contributed by atoms with Crippen LogP contribution in [0.2, 0.25) is 0 Å². The minimum atomic E-state index is -0.231. The number of hydrogen-bond donors (Lipinski definition) is 1. The average molecular weight is 470 g/mol.